The Bertz CT molecular complexity index is 1470. The van der Waals surface area contributed by atoms with Crippen LogP contribution in [0.4, 0.5) is 8.78 Å². The van der Waals surface area contributed by atoms with E-state index >= 15 is 0 Å². The van der Waals surface area contributed by atoms with Gasteiger partial charge in [-0.25, -0.2) is 8.78 Å². The predicted molar refractivity (Wildman–Crippen MR) is 107 cm³/mol. The molecule has 4 heteroatoms. The maximum Gasteiger partial charge on any atom is 0.226 e. The average molecular weight is 370 g/mol. The highest BCUT2D eigenvalue weighted by Crippen LogP contribution is 2.35. The van der Waals surface area contributed by atoms with Gasteiger partial charge in [-0.05, 0) is 74.8 Å². The molecule has 0 amide bonds. The van der Waals surface area contributed by atoms with Gasteiger partial charge in [-0.15, -0.1) is 0 Å². The van der Waals surface area contributed by atoms with Crippen LogP contribution < -0.4 is 0 Å². The number of benzene rings is 5. The number of rotatable bonds is 2. The number of fused-ring (bicyclic) bond motifs is 4. The summed E-state index contributed by atoms with van der Waals surface area (Å²) in [6.45, 7) is 0. The van der Waals surface area contributed by atoms with E-state index in [1.54, 1.807) is 48.5 Å². The quantitative estimate of drug-likeness (QED) is 0.166. The summed E-state index contributed by atoms with van der Waals surface area (Å²) in [5, 5.41) is 4.49. The van der Waals surface area contributed by atoms with Crippen molar-refractivity contribution in [2.75, 3.05) is 0 Å². The molecule has 0 spiro atoms. The fourth-order valence-electron chi connectivity index (χ4n) is 3.92. The van der Waals surface area contributed by atoms with Crippen LogP contribution in [0.25, 0.3) is 43.1 Å². The third-order valence-corrected chi connectivity index (χ3v) is 5.20. The molecule has 0 atom stereocenters. The van der Waals surface area contributed by atoms with Crippen molar-refractivity contribution in [3.63, 3.8) is 0 Å². The molecule has 2 nitrogen and oxygen atoms in total. The van der Waals surface area contributed by atoms with Crippen molar-refractivity contribution >= 4 is 55.2 Å². The summed E-state index contributed by atoms with van der Waals surface area (Å²) in [7, 11) is 0. The van der Waals surface area contributed by atoms with Gasteiger partial charge in [0.2, 0.25) is 5.78 Å². The highest BCUT2D eigenvalue weighted by molar-refractivity contribution is 6.40. The molecule has 5 rings (SSSR count). The van der Waals surface area contributed by atoms with Gasteiger partial charge in [-0.1, -0.05) is 24.3 Å². The van der Waals surface area contributed by atoms with Crippen LogP contribution in [-0.2, 0) is 4.79 Å². The third-order valence-electron chi connectivity index (χ3n) is 5.20. The van der Waals surface area contributed by atoms with Crippen molar-refractivity contribution in [1.29, 1.82) is 0 Å². The van der Waals surface area contributed by atoms with E-state index in [1.165, 1.54) is 12.1 Å². The van der Waals surface area contributed by atoms with Crippen molar-refractivity contribution < 1.29 is 18.4 Å². The SMILES string of the molecule is O=CC(=O)c1c2cc3cccc(F)c3cc2cc2cc3cccc(F)c3cc12. The van der Waals surface area contributed by atoms with Crippen molar-refractivity contribution in [2.45, 2.75) is 0 Å². The highest BCUT2D eigenvalue weighted by Gasteiger charge is 2.17. The van der Waals surface area contributed by atoms with Crippen molar-refractivity contribution in [1.82, 2.24) is 0 Å². The fourth-order valence-corrected chi connectivity index (χ4v) is 3.92. The van der Waals surface area contributed by atoms with Crippen LogP contribution in [0.3, 0.4) is 0 Å². The molecule has 0 N–H and O–H groups in total. The molecule has 0 fully saturated rings. The second kappa shape index (κ2) is 5.92. The lowest BCUT2D eigenvalue weighted by molar-refractivity contribution is -0.104. The van der Waals surface area contributed by atoms with Crippen LogP contribution in [0.5, 0.6) is 0 Å². The number of halogens is 2. The third kappa shape index (κ3) is 2.31. The van der Waals surface area contributed by atoms with Crippen molar-refractivity contribution in [3.05, 3.63) is 83.9 Å². The first-order valence-corrected chi connectivity index (χ1v) is 8.73. The predicted octanol–water partition coefficient (Wildman–Crippen LogP) is 5.96. The molecule has 0 bridgehead atoms. The molecule has 0 aromatic heterocycles. The lowest BCUT2D eigenvalue weighted by Crippen LogP contribution is -2.03. The van der Waals surface area contributed by atoms with Gasteiger partial charge in [-0.2, -0.15) is 0 Å². The number of aldehydes is 1. The van der Waals surface area contributed by atoms with Crippen LogP contribution in [0.1, 0.15) is 10.4 Å². The number of Topliss-reactive ketones (excluding diaryl/α,β-unsaturated/α-hetero) is 1. The highest BCUT2D eigenvalue weighted by atomic mass is 19.1. The van der Waals surface area contributed by atoms with Gasteiger partial charge >= 0.3 is 0 Å². The zero-order chi connectivity index (χ0) is 19.4. The second-order valence-electron chi connectivity index (χ2n) is 6.80. The molecule has 5 aromatic carbocycles. The van der Waals surface area contributed by atoms with Gasteiger partial charge in [0.1, 0.15) is 11.6 Å². The Hall–Kier alpha value is -3.66. The standard InChI is InChI=1S/C24H12F2O2/c25-21-5-2-4-14-9-19-16(10-17(14)21)8-15-7-13-3-1-6-22(26)18(13)11-20(15)24(19)23(28)12-27/h1-12H. The maximum atomic E-state index is 14.3. The molecule has 0 aliphatic heterocycles. The van der Waals surface area contributed by atoms with Crippen LogP contribution >= 0.6 is 0 Å². The summed E-state index contributed by atoms with van der Waals surface area (Å²) in [6.07, 6.45) is 0.259. The zero-order valence-corrected chi connectivity index (χ0v) is 14.5. The van der Waals surface area contributed by atoms with Gasteiger partial charge < -0.3 is 0 Å². The summed E-state index contributed by atoms with van der Waals surface area (Å²) in [6, 6.07) is 18.1. The number of carbonyl (C=O) groups excluding carboxylic acids is 2. The molecule has 0 radical (unpaired) electrons. The first-order chi connectivity index (χ1) is 13.6. The van der Waals surface area contributed by atoms with E-state index in [9.17, 15) is 18.4 Å². The van der Waals surface area contributed by atoms with E-state index in [0.29, 0.717) is 43.1 Å². The Kier molecular flexibility index (Phi) is 3.49. The van der Waals surface area contributed by atoms with Gasteiger partial charge in [0.15, 0.2) is 6.29 Å². The second-order valence-corrected chi connectivity index (χ2v) is 6.80. The Balaban J connectivity index is 2.04. The average Bonchev–Trinajstić information content (AvgIpc) is 2.70. The molecule has 0 saturated carbocycles. The zero-order valence-electron chi connectivity index (χ0n) is 14.5. The molecule has 134 valence electrons. The van der Waals surface area contributed by atoms with Crippen LogP contribution in [-0.4, -0.2) is 12.1 Å². The van der Waals surface area contributed by atoms with E-state index in [0.717, 1.165) is 0 Å². The molecule has 0 aliphatic rings. The largest absolute Gasteiger partial charge is 0.294 e. The summed E-state index contributed by atoms with van der Waals surface area (Å²) in [5.41, 5.74) is 0.207. The summed E-state index contributed by atoms with van der Waals surface area (Å²) in [4.78, 5) is 23.9. The molecular weight excluding hydrogens is 358 g/mol. The van der Waals surface area contributed by atoms with Crippen LogP contribution in [0, 0.1) is 11.6 Å². The van der Waals surface area contributed by atoms with E-state index in [2.05, 4.69) is 0 Å². The first-order valence-electron chi connectivity index (χ1n) is 8.73. The van der Waals surface area contributed by atoms with Gasteiger partial charge in [0.05, 0.1) is 0 Å². The molecule has 0 heterocycles. The fraction of sp³-hybridized carbons (Fsp3) is 0. The number of hydrogen-bond acceptors (Lipinski definition) is 2. The maximum absolute atomic E-state index is 14.3. The van der Waals surface area contributed by atoms with Crippen molar-refractivity contribution in [3.8, 4) is 0 Å². The van der Waals surface area contributed by atoms with E-state index < -0.39 is 11.6 Å². The summed E-state index contributed by atoms with van der Waals surface area (Å²) < 4.78 is 28.5. The topological polar surface area (TPSA) is 34.1 Å². The lowest BCUT2D eigenvalue weighted by Gasteiger charge is -2.12. The summed E-state index contributed by atoms with van der Waals surface area (Å²) in [5.74, 6) is -1.45. The minimum absolute atomic E-state index is 0.207. The Morgan fingerprint density at radius 3 is 1.82 bits per heavy atom. The van der Waals surface area contributed by atoms with Crippen LogP contribution in [0.15, 0.2) is 66.7 Å². The molecule has 5 aromatic rings. The molecule has 0 aliphatic carbocycles. The Labute approximate surface area is 158 Å². The van der Waals surface area contributed by atoms with E-state index in [4.69, 9.17) is 0 Å². The van der Waals surface area contributed by atoms with E-state index in [1.807, 2.05) is 6.07 Å². The molecule has 0 saturated heterocycles. The smallest absolute Gasteiger partial charge is 0.226 e. The number of hydrogen-bond donors (Lipinski definition) is 0. The molecule has 28 heavy (non-hydrogen) atoms. The molecule has 0 unspecified atom stereocenters. The summed E-state index contributed by atoms with van der Waals surface area (Å²) >= 11 is 0. The number of carbonyl (C=O) groups is 2. The minimum atomic E-state index is -0.693. The van der Waals surface area contributed by atoms with Gasteiger partial charge in [-0.3, -0.25) is 9.59 Å². The van der Waals surface area contributed by atoms with Gasteiger partial charge in [0, 0.05) is 16.3 Å². The van der Waals surface area contributed by atoms with Crippen LogP contribution in [0.2, 0.25) is 0 Å². The lowest BCUT2D eigenvalue weighted by atomic mass is 9.91. The van der Waals surface area contributed by atoms with Gasteiger partial charge in [0.25, 0.3) is 0 Å². The normalized spacial score (nSPS) is 11.5. The molecular formula is C24H12F2O2. The van der Waals surface area contributed by atoms with Crippen molar-refractivity contribution in [2.24, 2.45) is 0 Å². The Morgan fingerprint density at radius 2 is 1.14 bits per heavy atom. The monoisotopic (exact) mass is 370 g/mol. The Morgan fingerprint density at radius 1 is 0.643 bits per heavy atom. The number of ketones is 1. The first kappa shape index (κ1) is 16.5. The minimum Gasteiger partial charge on any atom is -0.294 e. The van der Waals surface area contributed by atoms with E-state index in [-0.39, 0.29) is 17.7 Å².